The van der Waals surface area contributed by atoms with Crippen LogP contribution in [0.2, 0.25) is 0 Å². The Labute approximate surface area is 154 Å². The lowest BCUT2D eigenvalue weighted by molar-refractivity contribution is -0.148. The van der Waals surface area contributed by atoms with Gasteiger partial charge in [-0.15, -0.1) is 0 Å². The number of methoxy groups -OCH3 is 1. The van der Waals surface area contributed by atoms with Crippen molar-refractivity contribution in [2.24, 2.45) is 5.92 Å². The molecule has 2 rings (SSSR count). The Morgan fingerprint density at radius 3 is 2.31 bits per heavy atom. The number of carbonyl (C=O) groups is 2. The van der Waals surface area contributed by atoms with Gasteiger partial charge < -0.3 is 14.8 Å². The number of hydrogen-bond acceptors (Lipinski definition) is 4. The largest absolute Gasteiger partial charge is 0.497 e. The molecule has 0 aliphatic heterocycles. The number of nitrogens with one attached hydrogen (secondary N) is 1. The van der Waals surface area contributed by atoms with E-state index < -0.39 is 12.0 Å². The van der Waals surface area contributed by atoms with Crippen molar-refractivity contribution in [2.75, 3.05) is 13.7 Å². The average molecular weight is 357 g/mol. The third kappa shape index (κ3) is 4.54. The Hall–Kier alpha value is -2.56. The molecule has 0 spiro atoms. The molecule has 2 aromatic carbocycles. The second-order valence-electron chi connectivity index (χ2n) is 6.68. The number of fused-ring (bicyclic) bond motifs is 1. The first-order valence-electron chi connectivity index (χ1n) is 8.92. The molecule has 0 radical (unpaired) electrons. The molecule has 1 amide bonds. The number of rotatable bonds is 7. The number of benzene rings is 2. The summed E-state index contributed by atoms with van der Waals surface area (Å²) in [6, 6.07) is 11.1. The number of ether oxygens (including phenoxy) is 2. The summed E-state index contributed by atoms with van der Waals surface area (Å²) >= 11 is 0. The van der Waals surface area contributed by atoms with Crippen LogP contribution in [0.5, 0.6) is 5.75 Å². The maximum Gasteiger partial charge on any atom is 0.328 e. The van der Waals surface area contributed by atoms with Gasteiger partial charge in [0.25, 0.3) is 0 Å². The van der Waals surface area contributed by atoms with Crippen molar-refractivity contribution >= 4 is 22.6 Å². The maximum absolute atomic E-state index is 12.7. The summed E-state index contributed by atoms with van der Waals surface area (Å²) in [4.78, 5) is 24.7. The fourth-order valence-electron chi connectivity index (χ4n) is 2.80. The molecule has 0 fully saturated rings. The molecule has 140 valence electrons. The molecule has 5 nitrogen and oxygen atoms in total. The lowest BCUT2D eigenvalue weighted by atomic mass is 9.96. The van der Waals surface area contributed by atoms with Gasteiger partial charge in [-0.3, -0.25) is 4.79 Å². The highest BCUT2D eigenvalue weighted by Gasteiger charge is 2.27. The molecule has 2 atom stereocenters. The Balaban J connectivity index is 2.18. The summed E-state index contributed by atoms with van der Waals surface area (Å²) in [6.07, 6.45) is 0. The van der Waals surface area contributed by atoms with Gasteiger partial charge in [0, 0.05) is 0 Å². The lowest BCUT2D eigenvalue weighted by Crippen LogP contribution is -2.46. The van der Waals surface area contributed by atoms with Crippen LogP contribution >= 0.6 is 0 Å². The van der Waals surface area contributed by atoms with E-state index >= 15 is 0 Å². The quantitative estimate of drug-likeness (QED) is 0.768. The van der Waals surface area contributed by atoms with E-state index in [1.807, 2.05) is 57.2 Å². The van der Waals surface area contributed by atoms with Gasteiger partial charge >= 0.3 is 5.97 Å². The normalized spacial score (nSPS) is 13.3. The molecule has 0 heterocycles. The first-order chi connectivity index (χ1) is 12.4. The number of hydrogen-bond donors (Lipinski definition) is 1. The van der Waals surface area contributed by atoms with Crippen LogP contribution < -0.4 is 10.1 Å². The van der Waals surface area contributed by atoms with E-state index in [0.29, 0.717) is 6.61 Å². The van der Waals surface area contributed by atoms with Gasteiger partial charge in [-0.25, -0.2) is 4.79 Å². The zero-order valence-electron chi connectivity index (χ0n) is 16.0. The van der Waals surface area contributed by atoms with Gasteiger partial charge in [0.1, 0.15) is 11.8 Å². The predicted molar refractivity (Wildman–Crippen MR) is 102 cm³/mol. The smallest absolute Gasteiger partial charge is 0.328 e. The second-order valence-corrected chi connectivity index (χ2v) is 6.68. The molecule has 0 unspecified atom stereocenters. The predicted octanol–water partition coefficient (Wildman–Crippen LogP) is 3.66. The van der Waals surface area contributed by atoms with Crippen LogP contribution in [0, 0.1) is 5.92 Å². The van der Waals surface area contributed by atoms with E-state index in [4.69, 9.17) is 9.47 Å². The van der Waals surface area contributed by atoms with E-state index in [2.05, 4.69) is 5.32 Å². The van der Waals surface area contributed by atoms with Crippen LogP contribution in [0.1, 0.15) is 39.2 Å². The van der Waals surface area contributed by atoms with Gasteiger partial charge in [0.05, 0.1) is 19.6 Å². The first kappa shape index (κ1) is 19.8. The molecular weight excluding hydrogens is 330 g/mol. The van der Waals surface area contributed by atoms with Crippen LogP contribution in [-0.2, 0) is 14.3 Å². The summed E-state index contributed by atoms with van der Waals surface area (Å²) in [5.41, 5.74) is 0.895. The van der Waals surface area contributed by atoms with E-state index in [9.17, 15) is 9.59 Å². The maximum atomic E-state index is 12.7. The van der Waals surface area contributed by atoms with Crippen LogP contribution in [0.4, 0.5) is 0 Å². The van der Waals surface area contributed by atoms with E-state index in [1.54, 1.807) is 14.0 Å². The van der Waals surface area contributed by atoms with Crippen molar-refractivity contribution in [1.29, 1.82) is 0 Å². The van der Waals surface area contributed by atoms with Crippen molar-refractivity contribution in [1.82, 2.24) is 5.32 Å². The SMILES string of the molecule is CCOC(=O)[C@@H](NC(=O)[C@@H](C)c1ccc2cc(OC)ccc2c1)C(C)C. The molecule has 0 bridgehead atoms. The molecule has 0 aliphatic rings. The van der Waals surface area contributed by atoms with Crippen LogP contribution in [0.25, 0.3) is 10.8 Å². The van der Waals surface area contributed by atoms with Crippen molar-refractivity contribution < 1.29 is 19.1 Å². The summed E-state index contributed by atoms with van der Waals surface area (Å²) in [5, 5.41) is 4.92. The van der Waals surface area contributed by atoms with Gasteiger partial charge in [0.2, 0.25) is 5.91 Å². The minimum atomic E-state index is -0.644. The fraction of sp³-hybridized carbons (Fsp3) is 0.429. The first-order valence-corrected chi connectivity index (χ1v) is 8.92. The molecule has 0 aromatic heterocycles. The Kier molecular flexibility index (Phi) is 6.61. The molecule has 0 saturated heterocycles. The van der Waals surface area contributed by atoms with Gasteiger partial charge in [-0.05, 0) is 48.2 Å². The number of amides is 1. The van der Waals surface area contributed by atoms with Crippen molar-refractivity contribution in [2.45, 2.75) is 39.7 Å². The lowest BCUT2D eigenvalue weighted by Gasteiger charge is -2.22. The molecule has 0 saturated carbocycles. The Morgan fingerprint density at radius 1 is 1.04 bits per heavy atom. The van der Waals surface area contributed by atoms with E-state index in [0.717, 1.165) is 22.1 Å². The summed E-state index contributed by atoms with van der Waals surface area (Å²) in [6.45, 7) is 7.65. The highest BCUT2D eigenvalue weighted by molar-refractivity contribution is 5.90. The Bertz CT molecular complexity index is 785. The molecular formula is C21H27NO4. The molecule has 2 aromatic rings. The van der Waals surface area contributed by atoms with E-state index in [-0.39, 0.29) is 17.7 Å². The van der Waals surface area contributed by atoms with Crippen molar-refractivity contribution in [3.05, 3.63) is 42.0 Å². The van der Waals surface area contributed by atoms with Crippen LogP contribution in [0.3, 0.4) is 0 Å². The topological polar surface area (TPSA) is 64.6 Å². The third-order valence-electron chi connectivity index (χ3n) is 4.47. The Morgan fingerprint density at radius 2 is 1.69 bits per heavy atom. The van der Waals surface area contributed by atoms with Crippen molar-refractivity contribution in [3.8, 4) is 5.75 Å². The summed E-state index contributed by atoms with van der Waals surface area (Å²) < 4.78 is 10.3. The molecule has 5 heteroatoms. The van der Waals surface area contributed by atoms with Crippen LogP contribution in [0.15, 0.2) is 36.4 Å². The minimum Gasteiger partial charge on any atom is -0.497 e. The summed E-state index contributed by atoms with van der Waals surface area (Å²) in [5.74, 6) is -0.213. The molecule has 1 N–H and O–H groups in total. The fourth-order valence-corrected chi connectivity index (χ4v) is 2.80. The number of esters is 1. The monoisotopic (exact) mass is 357 g/mol. The standard InChI is InChI=1S/C21H27NO4/c1-6-26-21(24)19(13(2)3)22-20(23)14(4)15-7-8-17-12-18(25-5)10-9-16(17)11-15/h7-14,19H,6H2,1-5H3,(H,22,23)/t14-,19-/m0/s1. The highest BCUT2D eigenvalue weighted by atomic mass is 16.5. The van der Waals surface area contributed by atoms with Crippen molar-refractivity contribution in [3.63, 3.8) is 0 Å². The average Bonchev–Trinajstić information content (AvgIpc) is 2.64. The highest BCUT2D eigenvalue weighted by Crippen LogP contribution is 2.25. The van der Waals surface area contributed by atoms with Crippen LogP contribution in [-0.4, -0.2) is 31.6 Å². The molecule has 0 aliphatic carbocycles. The zero-order chi connectivity index (χ0) is 19.3. The summed E-state index contributed by atoms with van der Waals surface area (Å²) in [7, 11) is 1.64. The van der Waals surface area contributed by atoms with Gasteiger partial charge in [0.15, 0.2) is 0 Å². The number of carbonyl (C=O) groups excluding carboxylic acids is 2. The minimum absolute atomic E-state index is 0.0470. The van der Waals surface area contributed by atoms with E-state index in [1.165, 1.54) is 0 Å². The molecule has 26 heavy (non-hydrogen) atoms. The zero-order valence-corrected chi connectivity index (χ0v) is 16.0. The third-order valence-corrected chi connectivity index (χ3v) is 4.47. The van der Waals surface area contributed by atoms with Gasteiger partial charge in [-0.2, -0.15) is 0 Å². The second kappa shape index (κ2) is 8.70. The van der Waals surface area contributed by atoms with Gasteiger partial charge in [-0.1, -0.05) is 38.1 Å².